The van der Waals surface area contributed by atoms with E-state index < -0.39 is 0 Å². The minimum Gasteiger partial charge on any atom is -0.466 e. The molecule has 5 heteroatoms. The molecular formula is C16H19N3O2. The van der Waals surface area contributed by atoms with Gasteiger partial charge < -0.3 is 10.5 Å². The number of allylic oxidation sites excluding steroid dienone is 2. The van der Waals surface area contributed by atoms with Crippen molar-refractivity contribution in [1.82, 2.24) is 10.2 Å². The predicted octanol–water partition coefficient (Wildman–Crippen LogP) is 2.89. The summed E-state index contributed by atoms with van der Waals surface area (Å²) in [6.07, 6.45) is 4.41. The standard InChI is InChI=1S/C16H19N3O2/c1-2-21-16(20)11-8-6-10(7-9-11)15-14-12(17)4-3-5-13(14)18-19-15/h3-6,11H,2,7-9,17H2,1H3,(H,18,19). The van der Waals surface area contributed by atoms with E-state index in [1.165, 1.54) is 0 Å². The van der Waals surface area contributed by atoms with Crippen LogP contribution in [0.2, 0.25) is 0 Å². The lowest BCUT2D eigenvalue weighted by molar-refractivity contribution is -0.148. The second-order valence-corrected chi connectivity index (χ2v) is 5.29. The summed E-state index contributed by atoms with van der Waals surface area (Å²) < 4.78 is 5.09. The van der Waals surface area contributed by atoms with Crippen molar-refractivity contribution in [3.63, 3.8) is 0 Å². The Balaban J connectivity index is 1.86. The van der Waals surface area contributed by atoms with Gasteiger partial charge in [-0.2, -0.15) is 5.10 Å². The molecule has 1 atom stereocenters. The number of fused-ring (bicyclic) bond motifs is 1. The van der Waals surface area contributed by atoms with Crippen LogP contribution >= 0.6 is 0 Å². The van der Waals surface area contributed by atoms with Crippen molar-refractivity contribution in [1.29, 1.82) is 0 Å². The Hall–Kier alpha value is -2.30. The molecule has 1 aliphatic carbocycles. The number of ether oxygens (including phenoxy) is 1. The van der Waals surface area contributed by atoms with Crippen molar-refractivity contribution in [2.75, 3.05) is 12.3 Å². The molecule has 0 saturated carbocycles. The molecule has 110 valence electrons. The monoisotopic (exact) mass is 285 g/mol. The molecule has 1 aliphatic rings. The number of nitrogen functional groups attached to an aromatic ring is 1. The molecule has 0 amide bonds. The number of benzene rings is 1. The molecule has 5 nitrogen and oxygen atoms in total. The van der Waals surface area contributed by atoms with E-state index in [-0.39, 0.29) is 11.9 Å². The third-order valence-corrected chi connectivity index (χ3v) is 3.96. The number of carbonyl (C=O) groups excluding carboxylic acids is 1. The van der Waals surface area contributed by atoms with E-state index in [0.717, 1.165) is 40.7 Å². The first-order chi connectivity index (χ1) is 10.2. The number of hydrogen-bond donors (Lipinski definition) is 2. The molecule has 1 aromatic heterocycles. The number of carbonyl (C=O) groups is 1. The van der Waals surface area contributed by atoms with E-state index in [0.29, 0.717) is 13.0 Å². The zero-order valence-corrected chi connectivity index (χ0v) is 12.1. The van der Waals surface area contributed by atoms with Gasteiger partial charge in [0, 0.05) is 5.69 Å². The van der Waals surface area contributed by atoms with Gasteiger partial charge in [0.05, 0.1) is 29.1 Å². The normalized spacial score (nSPS) is 18.5. The maximum absolute atomic E-state index is 11.8. The smallest absolute Gasteiger partial charge is 0.309 e. The van der Waals surface area contributed by atoms with Gasteiger partial charge in [-0.1, -0.05) is 12.1 Å². The lowest BCUT2D eigenvalue weighted by Gasteiger charge is -2.19. The lowest BCUT2D eigenvalue weighted by atomic mass is 9.87. The Kier molecular flexibility index (Phi) is 3.64. The third kappa shape index (κ3) is 2.51. The number of aromatic amines is 1. The Bertz CT molecular complexity index is 703. The summed E-state index contributed by atoms with van der Waals surface area (Å²) in [5, 5.41) is 8.39. The topological polar surface area (TPSA) is 81.0 Å². The predicted molar refractivity (Wildman–Crippen MR) is 82.5 cm³/mol. The summed E-state index contributed by atoms with van der Waals surface area (Å²) in [4.78, 5) is 11.8. The molecule has 1 unspecified atom stereocenters. The van der Waals surface area contributed by atoms with Gasteiger partial charge in [-0.15, -0.1) is 0 Å². The highest BCUT2D eigenvalue weighted by molar-refractivity contribution is 5.98. The van der Waals surface area contributed by atoms with Gasteiger partial charge in [-0.3, -0.25) is 9.89 Å². The average molecular weight is 285 g/mol. The summed E-state index contributed by atoms with van der Waals surface area (Å²) >= 11 is 0. The number of esters is 1. The molecule has 0 fully saturated rings. The average Bonchev–Trinajstić information content (AvgIpc) is 2.93. The summed E-state index contributed by atoms with van der Waals surface area (Å²) in [7, 11) is 0. The summed E-state index contributed by atoms with van der Waals surface area (Å²) in [6, 6.07) is 5.75. The van der Waals surface area contributed by atoms with Crippen LogP contribution in [0.25, 0.3) is 16.5 Å². The molecular weight excluding hydrogens is 266 g/mol. The summed E-state index contributed by atoms with van der Waals surface area (Å²) in [5.41, 5.74) is 9.79. The van der Waals surface area contributed by atoms with Crippen molar-refractivity contribution in [3.05, 3.63) is 30.0 Å². The number of nitrogens with two attached hydrogens (primary N) is 1. The van der Waals surface area contributed by atoms with Crippen LogP contribution < -0.4 is 5.73 Å². The highest BCUT2D eigenvalue weighted by Crippen LogP contribution is 2.35. The number of hydrogen-bond acceptors (Lipinski definition) is 4. The summed E-state index contributed by atoms with van der Waals surface area (Å²) in [6.45, 7) is 2.27. The molecule has 0 saturated heterocycles. The fraction of sp³-hybridized carbons (Fsp3) is 0.375. The number of anilines is 1. The second-order valence-electron chi connectivity index (χ2n) is 5.29. The van der Waals surface area contributed by atoms with Gasteiger partial charge in [0.15, 0.2) is 0 Å². The minimum absolute atomic E-state index is 0.0312. The Morgan fingerprint density at radius 3 is 3.10 bits per heavy atom. The molecule has 0 radical (unpaired) electrons. The third-order valence-electron chi connectivity index (χ3n) is 3.96. The van der Waals surface area contributed by atoms with E-state index >= 15 is 0 Å². The van der Waals surface area contributed by atoms with Crippen LogP contribution in [-0.4, -0.2) is 22.8 Å². The zero-order chi connectivity index (χ0) is 14.8. The number of aromatic nitrogens is 2. The van der Waals surface area contributed by atoms with Crippen LogP contribution in [0.1, 0.15) is 31.9 Å². The molecule has 3 rings (SSSR count). The molecule has 0 aliphatic heterocycles. The fourth-order valence-electron chi connectivity index (χ4n) is 2.86. The maximum atomic E-state index is 11.8. The van der Waals surface area contributed by atoms with E-state index in [4.69, 9.17) is 10.5 Å². The molecule has 0 bridgehead atoms. The molecule has 21 heavy (non-hydrogen) atoms. The maximum Gasteiger partial charge on any atom is 0.309 e. The van der Waals surface area contributed by atoms with Gasteiger partial charge >= 0.3 is 5.97 Å². The van der Waals surface area contributed by atoms with Crippen LogP contribution in [0, 0.1) is 5.92 Å². The molecule has 1 aromatic carbocycles. The van der Waals surface area contributed by atoms with Crippen molar-refractivity contribution in [2.45, 2.75) is 26.2 Å². The van der Waals surface area contributed by atoms with Crippen molar-refractivity contribution in [2.24, 2.45) is 5.92 Å². The number of nitrogens with one attached hydrogen (secondary N) is 1. The van der Waals surface area contributed by atoms with E-state index in [9.17, 15) is 4.79 Å². The van der Waals surface area contributed by atoms with Crippen molar-refractivity contribution in [3.8, 4) is 0 Å². The van der Waals surface area contributed by atoms with Gasteiger partial charge in [0.25, 0.3) is 0 Å². The van der Waals surface area contributed by atoms with E-state index in [1.807, 2.05) is 25.1 Å². The first-order valence-corrected chi connectivity index (χ1v) is 7.29. The minimum atomic E-state index is -0.0980. The molecule has 0 spiro atoms. The highest BCUT2D eigenvalue weighted by Gasteiger charge is 2.24. The van der Waals surface area contributed by atoms with E-state index in [2.05, 4.69) is 16.3 Å². The lowest BCUT2D eigenvalue weighted by Crippen LogP contribution is -2.19. The van der Waals surface area contributed by atoms with Crippen LogP contribution in [0.3, 0.4) is 0 Å². The Labute approximate surface area is 123 Å². The van der Waals surface area contributed by atoms with Crippen LogP contribution in [0.15, 0.2) is 24.3 Å². The van der Waals surface area contributed by atoms with Gasteiger partial charge in [-0.25, -0.2) is 0 Å². The van der Waals surface area contributed by atoms with Crippen LogP contribution in [0.5, 0.6) is 0 Å². The van der Waals surface area contributed by atoms with Crippen LogP contribution in [-0.2, 0) is 9.53 Å². The zero-order valence-electron chi connectivity index (χ0n) is 12.1. The van der Waals surface area contributed by atoms with E-state index in [1.54, 1.807) is 0 Å². The molecule has 2 aromatic rings. The van der Waals surface area contributed by atoms with Gasteiger partial charge in [0.2, 0.25) is 0 Å². The quantitative estimate of drug-likeness (QED) is 0.671. The van der Waals surface area contributed by atoms with Crippen LogP contribution in [0.4, 0.5) is 5.69 Å². The first-order valence-electron chi connectivity index (χ1n) is 7.29. The molecule has 1 heterocycles. The number of nitrogens with zero attached hydrogens (tertiary/aromatic N) is 1. The largest absolute Gasteiger partial charge is 0.466 e. The molecule has 3 N–H and O–H groups in total. The Morgan fingerprint density at radius 2 is 2.38 bits per heavy atom. The van der Waals surface area contributed by atoms with Gasteiger partial charge in [-0.05, 0) is 43.9 Å². The number of H-pyrrole nitrogens is 1. The first kappa shape index (κ1) is 13.7. The SMILES string of the molecule is CCOC(=O)C1CC=C(c2n[nH]c3cccc(N)c23)CC1. The van der Waals surface area contributed by atoms with Gasteiger partial charge in [0.1, 0.15) is 0 Å². The Morgan fingerprint density at radius 1 is 1.52 bits per heavy atom. The van der Waals surface area contributed by atoms with Crippen molar-refractivity contribution < 1.29 is 9.53 Å². The second kappa shape index (κ2) is 5.60. The van der Waals surface area contributed by atoms with Crippen molar-refractivity contribution >= 4 is 28.1 Å². The summed E-state index contributed by atoms with van der Waals surface area (Å²) in [5.74, 6) is -0.129. The highest BCUT2D eigenvalue weighted by atomic mass is 16.5. The fourth-order valence-corrected chi connectivity index (χ4v) is 2.86. The number of rotatable bonds is 3.